The summed E-state index contributed by atoms with van der Waals surface area (Å²) in [6.45, 7) is 1.74. The minimum absolute atomic E-state index is 0.000324. The van der Waals surface area contributed by atoms with Crippen molar-refractivity contribution in [1.29, 1.82) is 0 Å². The van der Waals surface area contributed by atoms with Crippen molar-refractivity contribution < 1.29 is 19.1 Å². The largest absolute Gasteiger partial charge is 0.469 e. The quantitative estimate of drug-likeness (QED) is 0.563. The summed E-state index contributed by atoms with van der Waals surface area (Å²) < 4.78 is 9.19. The molecule has 66 valence electrons. The minimum atomic E-state index is -0.424. The maximum Gasteiger partial charge on any atom is 0.334 e. The highest BCUT2D eigenvalue weighted by Gasteiger charge is 2.24. The molecule has 0 saturated heterocycles. The number of ether oxygens (including phenoxy) is 2. The molecule has 1 aliphatic rings. The van der Waals surface area contributed by atoms with Crippen LogP contribution in [0.1, 0.15) is 13.3 Å². The Kier molecular flexibility index (Phi) is 2.47. The number of carbonyl (C=O) groups excluding carboxylic acids is 2. The lowest BCUT2D eigenvalue weighted by Gasteiger charge is -1.98. The van der Waals surface area contributed by atoms with Crippen LogP contribution >= 0.6 is 0 Å². The number of hydrogen-bond donors (Lipinski definition) is 0. The lowest BCUT2D eigenvalue weighted by Crippen LogP contribution is -2.08. The zero-order valence-corrected chi connectivity index (χ0v) is 6.99. The van der Waals surface area contributed by atoms with E-state index in [2.05, 4.69) is 4.74 Å². The summed E-state index contributed by atoms with van der Waals surface area (Å²) in [6, 6.07) is 0. The summed E-state index contributed by atoms with van der Waals surface area (Å²) in [5, 5.41) is 0. The van der Waals surface area contributed by atoms with Crippen LogP contribution < -0.4 is 0 Å². The van der Waals surface area contributed by atoms with Crippen LogP contribution in [-0.4, -0.2) is 25.2 Å². The lowest BCUT2D eigenvalue weighted by molar-refractivity contribution is -0.144. The molecule has 0 aliphatic carbocycles. The predicted molar refractivity (Wildman–Crippen MR) is 40.3 cm³/mol. The fourth-order valence-electron chi connectivity index (χ4n) is 0.989. The number of esters is 2. The highest BCUT2D eigenvalue weighted by Crippen LogP contribution is 2.16. The summed E-state index contributed by atoms with van der Waals surface area (Å²) >= 11 is 0. The highest BCUT2D eigenvalue weighted by molar-refractivity contribution is 5.95. The lowest BCUT2D eigenvalue weighted by atomic mass is 10.2. The van der Waals surface area contributed by atoms with Crippen LogP contribution in [0.3, 0.4) is 0 Å². The van der Waals surface area contributed by atoms with Gasteiger partial charge in [-0.1, -0.05) is 0 Å². The van der Waals surface area contributed by atoms with E-state index in [4.69, 9.17) is 4.74 Å². The van der Waals surface area contributed by atoms with Crippen molar-refractivity contribution in [2.24, 2.45) is 0 Å². The van der Waals surface area contributed by atoms with Crippen LogP contribution in [-0.2, 0) is 19.1 Å². The van der Waals surface area contributed by atoms with Crippen molar-refractivity contribution in [2.75, 3.05) is 7.11 Å². The summed E-state index contributed by atoms with van der Waals surface area (Å²) in [5.74, 6) is -0.847. The monoisotopic (exact) mass is 170 g/mol. The van der Waals surface area contributed by atoms with E-state index in [0.29, 0.717) is 5.57 Å². The molecular weight excluding hydrogens is 160 g/mol. The van der Waals surface area contributed by atoms with Gasteiger partial charge < -0.3 is 9.47 Å². The van der Waals surface area contributed by atoms with E-state index in [1.807, 2.05) is 0 Å². The molecule has 0 aromatic rings. The van der Waals surface area contributed by atoms with Crippen molar-refractivity contribution in [3.05, 3.63) is 11.6 Å². The van der Waals surface area contributed by atoms with Gasteiger partial charge in [-0.15, -0.1) is 0 Å². The van der Waals surface area contributed by atoms with Crippen LogP contribution in [0.15, 0.2) is 11.6 Å². The third-order valence-electron chi connectivity index (χ3n) is 1.55. The molecule has 1 rings (SSSR count). The van der Waals surface area contributed by atoms with Crippen LogP contribution in [0.2, 0.25) is 0 Å². The molecule has 4 nitrogen and oxygen atoms in total. The first-order chi connectivity index (χ1) is 5.63. The molecule has 0 bridgehead atoms. The second-order valence-corrected chi connectivity index (χ2v) is 2.56. The van der Waals surface area contributed by atoms with Gasteiger partial charge in [0.1, 0.15) is 6.10 Å². The van der Waals surface area contributed by atoms with Crippen LogP contribution in [0, 0.1) is 0 Å². The molecule has 4 heteroatoms. The number of carbonyl (C=O) groups is 2. The van der Waals surface area contributed by atoms with Gasteiger partial charge in [-0.25, -0.2) is 4.79 Å². The van der Waals surface area contributed by atoms with Crippen molar-refractivity contribution in [3.63, 3.8) is 0 Å². The van der Waals surface area contributed by atoms with Gasteiger partial charge in [0.05, 0.1) is 13.5 Å². The third kappa shape index (κ3) is 1.84. The van der Waals surface area contributed by atoms with Gasteiger partial charge in [0.15, 0.2) is 0 Å². The van der Waals surface area contributed by atoms with E-state index < -0.39 is 11.9 Å². The molecule has 1 atom stereocenters. The SMILES string of the molecule is COC(=O)CC1=CC(C)OC1=O. The molecule has 0 amide bonds. The van der Waals surface area contributed by atoms with Crippen LogP contribution in [0.4, 0.5) is 0 Å². The van der Waals surface area contributed by atoms with E-state index in [0.717, 1.165) is 0 Å². The van der Waals surface area contributed by atoms with Crippen molar-refractivity contribution in [2.45, 2.75) is 19.4 Å². The normalized spacial score (nSPS) is 21.7. The molecule has 1 aliphatic heterocycles. The van der Waals surface area contributed by atoms with Gasteiger partial charge >= 0.3 is 11.9 Å². The summed E-state index contributed by atoms with van der Waals surface area (Å²) in [7, 11) is 1.28. The minimum Gasteiger partial charge on any atom is -0.469 e. The van der Waals surface area contributed by atoms with Crippen molar-refractivity contribution in [1.82, 2.24) is 0 Å². The van der Waals surface area contributed by atoms with E-state index in [1.165, 1.54) is 7.11 Å². The zero-order chi connectivity index (χ0) is 9.14. The van der Waals surface area contributed by atoms with Gasteiger partial charge in [-0.3, -0.25) is 4.79 Å². The topological polar surface area (TPSA) is 52.6 Å². The number of hydrogen-bond acceptors (Lipinski definition) is 4. The Balaban J connectivity index is 2.58. The number of cyclic esters (lactones) is 1. The Bertz CT molecular complexity index is 241. The molecule has 0 aromatic carbocycles. The Labute approximate surface area is 70.1 Å². The van der Waals surface area contributed by atoms with E-state index in [1.54, 1.807) is 13.0 Å². The highest BCUT2D eigenvalue weighted by atomic mass is 16.5. The third-order valence-corrected chi connectivity index (χ3v) is 1.55. The van der Waals surface area contributed by atoms with E-state index in [9.17, 15) is 9.59 Å². The first-order valence-corrected chi connectivity index (χ1v) is 3.62. The van der Waals surface area contributed by atoms with Gasteiger partial charge in [0.2, 0.25) is 0 Å². The smallest absolute Gasteiger partial charge is 0.334 e. The van der Waals surface area contributed by atoms with Crippen LogP contribution in [0.5, 0.6) is 0 Å². The Morgan fingerprint density at radius 3 is 2.83 bits per heavy atom. The Morgan fingerprint density at radius 2 is 2.42 bits per heavy atom. The van der Waals surface area contributed by atoms with Gasteiger partial charge in [0, 0.05) is 5.57 Å². The average molecular weight is 170 g/mol. The van der Waals surface area contributed by atoms with Gasteiger partial charge in [-0.2, -0.15) is 0 Å². The van der Waals surface area contributed by atoms with E-state index >= 15 is 0 Å². The second-order valence-electron chi connectivity index (χ2n) is 2.56. The molecule has 1 unspecified atom stereocenters. The van der Waals surface area contributed by atoms with E-state index in [-0.39, 0.29) is 12.5 Å². The number of methoxy groups -OCH3 is 1. The van der Waals surface area contributed by atoms with Gasteiger partial charge in [0.25, 0.3) is 0 Å². The molecule has 0 saturated carbocycles. The second kappa shape index (κ2) is 3.38. The standard InChI is InChI=1S/C8H10O4/c1-5-3-6(8(10)12-5)4-7(9)11-2/h3,5H,4H2,1-2H3. The maximum absolute atomic E-state index is 10.9. The van der Waals surface area contributed by atoms with Crippen molar-refractivity contribution >= 4 is 11.9 Å². The Hall–Kier alpha value is -1.32. The summed E-state index contributed by atoms with van der Waals surface area (Å²) in [6.07, 6.45) is 1.40. The van der Waals surface area contributed by atoms with Crippen LogP contribution in [0.25, 0.3) is 0 Å². The van der Waals surface area contributed by atoms with Crippen molar-refractivity contribution in [3.8, 4) is 0 Å². The molecule has 0 radical (unpaired) electrons. The Morgan fingerprint density at radius 1 is 1.75 bits per heavy atom. The molecule has 0 aromatic heterocycles. The maximum atomic E-state index is 10.9. The molecular formula is C8H10O4. The molecule has 0 N–H and O–H groups in total. The zero-order valence-electron chi connectivity index (χ0n) is 6.99. The molecule has 12 heavy (non-hydrogen) atoms. The molecule has 1 heterocycles. The predicted octanol–water partition coefficient (Wildman–Crippen LogP) is 0.421. The molecule has 0 spiro atoms. The first kappa shape index (κ1) is 8.77. The molecule has 0 fully saturated rings. The summed E-state index contributed by atoms with van der Waals surface area (Å²) in [4.78, 5) is 21.7. The summed E-state index contributed by atoms with van der Waals surface area (Å²) in [5.41, 5.74) is 0.384. The fourth-order valence-corrected chi connectivity index (χ4v) is 0.989. The van der Waals surface area contributed by atoms with Gasteiger partial charge in [-0.05, 0) is 13.0 Å². The average Bonchev–Trinajstić information content (AvgIpc) is 2.30. The first-order valence-electron chi connectivity index (χ1n) is 3.62. The fraction of sp³-hybridized carbons (Fsp3) is 0.500. The number of rotatable bonds is 2.